The summed E-state index contributed by atoms with van der Waals surface area (Å²) in [6, 6.07) is 5.63. The number of rotatable bonds is 4. The highest BCUT2D eigenvalue weighted by Gasteiger charge is 2.35. The minimum atomic E-state index is 0.280. The molecule has 0 unspecified atom stereocenters. The summed E-state index contributed by atoms with van der Waals surface area (Å²) in [4.78, 5) is 2.53. The first-order valence-corrected chi connectivity index (χ1v) is 6.81. The van der Waals surface area contributed by atoms with E-state index in [9.17, 15) is 0 Å². The average molecular weight is 235 g/mol. The van der Waals surface area contributed by atoms with Gasteiger partial charge in [-0.2, -0.15) is 0 Å². The van der Waals surface area contributed by atoms with Crippen molar-refractivity contribution < 1.29 is 0 Å². The van der Waals surface area contributed by atoms with Crippen LogP contribution in [0.3, 0.4) is 0 Å². The predicted octanol–water partition coefficient (Wildman–Crippen LogP) is 2.38. The Hall–Kier alpha value is -0.800. The van der Waals surface area contributed by atoms with E-state index in [0.29, 0.717) is 12.1 Å². The molecule has 1 aromatic rings. The summed E-state index contributed by atoms with van der Waals surface area (Å²) in [7, 11) is 0. The molecule has 2 rings (SSSR count). The van der Waals surface area contributed by atoms with E-state index in [0.717, 1.165) is 19.5 Å². The van der Waals surface area contributed by atoms with Crippen LogP contribution >= 0.6 is 0 Å². The Morgan fingerprint density at radius 2 is 2.24 bits per heavy atom. The van der Waals surface area contributed by atoms with Crippen molar-refractivity contribution in [3.05, 3.63) is 24.0 Å². The molecule has 1 fully saturated rings. The van der Waals surface area contributed by atoms with Crippen LogP contribution in [0.1, 0.15) is 45.3 Å². The first-order chi connectivity index (χ1) is 8.15. The van der Waals surface area contributed by atoms with Gasteiger partial charge in [0.05, 0.1) is 6.04 Å². The fourth-order valence-electron chi connectivity index (χ4n) is 2.95. The predicted molar refractivity (Wildman–Crippen MR) is 71.9 cm³/mol. The molecule has 2 atom stereocenters. The molecule has 1 aliphatic rings. The zero-order chi connectivity index (χ0) is 12.4. The topological polar surface area (TPSA) is 34.2 Å². The second-order valence-electron chi connectivity index (χ2n) is 5.36. The van der Waals surface area contributed by atoms with Gasteiger partial charge in [0.15, 0.2) is 0 Å². The molecule has 0 amide bonds. The third-order valence-electron chi connectivity index (χ3n) is 3.78. The highest BCUT2D eigenvalue weighted by molar-refractivity contribution is 5.17. The maximum Gasteiger partial charge on any atom is 0.0656 e. The van der Waals surface area contributed by atoms with Crippen LogP contribution in [0.5, 0.6) is 0 Å². The summed E-state index contributed by atoms with van der Waals surface area (Å²) in [5, 5.41) is 0. The lowest BCUT2D eigenvalue weighted by Crippen LogP contribution is -2.37. The van der Waals surface area contributed by atoms with Crippen molar-refractivity contribution in [3.8, 4) is 0 Å². The second kappa shape index (κ2) is 5.23. The molecule has 3 nitrogen and oxygen atoms in total. The number of hydrogen-bond donors (Lipinski definition) is 1. The largest absolute Gasteiger partial charge is 0.350 e. The first-order valence-electron chi connectivity index (χ1n) is 6.81. The highest BCUT2D eigenvalue weighted by atomic mass is 15.2. The van der Waals surface area contributed by atoms with Gasteiger partial charge in [0.25, 0.3) is 0 Å². The van der Waals surface area contributed by atoms with Crippen LogP contribution in [0.25, 0.3) is 0 Å². The molecule has 1 saturated heterocycles. The molecule has 1 aromatic heterocycles. The lowest BCUT2D eigenvalue weighted by molar-refractivity contribution is 0.191. The summed E-state index contributed by atoms with van der Waals surface area (Å²) in [5.41, 5.74) is 7.70. The summed E-state index contributed by atoms with van der Waals surface area (Å²) < 4.78 is 2.37. The van der Waals surface area contributed by atoms with Crippen molar-refractivity contribution in [1.82, 2.24) is 9.47 Å². The number of aryl methyl sites for hydroxylation is 1. The van der Waals surface area contributed by atoms with Gasteiger partial charge in [0, 0.05) is 37.1 Å². The van der Waals surface area contributed by atoms with Crippen molar-refractivity contribution in [2.45, 2.75) is 58.3 Å². The molecule has 17 heavy (non-hydrogen) atoms. The van der Waals surface area contributed by atoms with E-state index in [1.165, 1.54) is 12.1 Å². The monoisotopic (exact) mass is 235 g/mol. The maximum absolute atomic E-state index is 6.31. The summed E-state index contributed by atoms with van der Waals surface area (Å²) >= 11 is 0. The Morgan fingerprint density at radius 1 is 1.47 bits per heavy atom. The Balaban J connectivity index is 2.26. The van der Waals surface area contributed by atoms with Crippen molar-refractivity contribution in [2.75, 3.05) is 6.54 Å². The van der Waals surface area contributed by atoms with Crippen LogP contribution < -0.4 is 5.73 Å². The summed E-state index contributed by atoms with van der Waals surface area (Å²) in [5.74, 6) is 0. The number of hydrogen-bond acceptors (Lipinski definition) is 2. The average Bonchev–Trinajstić information content (AvgIpc) is 2.85. The molecule has 2 heterocycles. The van der Waals surface area contributed by atoms with Gasteiger partial charge in [-0.25, -0.2) is 0 Å². The summed E-state index contributed by atoms with van der Waals surface area (Å²) in [6.07, 6.45) is 4.47. The van der Waals surface area contributed by atoms with Crippen LogP contribution in [-0.4, -0.2) is 28.1 Å². The van der Waals surface area contributed by atoms with Gasteiger partial charge in [-0.05, 0) is 38.8 Å². The Kier molecular flexibility index (Phi) is 3.89. The fourth-order valence-corrected chi connectivity index (χ4v) is 2.95. The minimum absolute atomic E-state index is 0.280. The second-order valence-corrected chi connectivity index (χ2v) is 5.36. The molecule has 0 aromatic carbocycles. The van der Waals surface area contributed by atoms with E-state index in [4.69, 9.17) is 5.73 Å². The van der Waals surface area contributed by atoms with Crippen molar-refractivity contribution in [3.63, 3.8) is 0 Å². The van der Waals surface area contributed by atoms with E-state index in [1.54, 1.807) is 0 Å². The van der Waals surface area contributed by atoms with Crippen LogP contribution in [-0.2, 0) is 6.54 Å². The molecule has 1 aliphatic heterocycles. The first kappa shape index (κ1) is 12.7. The quantitative estimate of drug-likeness (QED) is 0.869. The van der Waals surface area contributed by atoms with Crippen molar-refractivity contribution in [1.29, 1.82) is 0 Å². The van der Waals surface area contributed by atoms with Gasteiger partial charge >= 0.3 is 0 Å². The minimum Gasteiger partial charge on any atom is -0.350 e. The van der Waals surface area contributed by atoms with Gasteiger partial charge in [0.2, 0.25) is 0 Å². The molecule has 0 spiro atoms. The highest BCUT2D eigenvalue weighted by Crippen LogP contribution is 2.33. The van der Waals surface area contributed by atoms with Gasteiger partial charge in [-0.1, -0.05) is 6.92 Å². The number of nitrogens with two attached hydrogens (primary N) is 1. The van der Waals surface area contributed by atoms with Gasteiger partial charge in [-0.15, -0.1) is 0 Å². The summed E-state index contributed by atoms with van der Waals surface area (Å²) in [6.45, 7) is 8.97. The maximum atomic E-state index is 6.31. The number of aromatic nitrogens is 1. The molecule has 0 aliphatic carbocycles. The van der Waals surface area contributed by atoms with Crippen LogP contribution in [0.4, 0.5) is 0 Å². The van der Waals surface area contributed by atoms with Gasteiger partial charge in [0.1, 0.15) is 0 Å². The number of likely N-dealkylation sites (tertiary alicyclic amines) is 1. The molecule has 0 saturated carbocycles. The Bertz CT molecular complexity index is 356. The van der Waals surface area contributed by atoms with Crippen LogP contribution in [0, 0.1) is 0 Å². The van der Waals surface area contributed by atoms with Crippen LogP contribution in [0.2, 0.25) is 0 Å². The third kappa shape index (κ3) is 2.40. The Morgan fingerprint density at radius 3 is 2.88 bits per heavy atom. The third-order valence-corrected chi connectivity index (χ3v) is 3.78. The molecule has 96 valence electrons. The lowest BCUT2D eigenvalue weighted by Gasteiger charge is -2.31. The fraction of sp³-hybridized carbons (Fsp3) is 0.714. The normalized spacial score (nSPS) is 25.9. The van der Waals surface area contributed by atoms with Crippen LogP contribution in [0.15, 0.2) is 18.3 Å². The molecular formula is C14H25N3. The molecule has 3 heteroatoms. The molecule has 0 radical (unpaired) electrons. The smallest absolute Gasteiger partial charge is 0.0656 e. The van der Waals surface area contributed by atoms with E-state index in [2.05, 4.69) is 48.6 Å². The van der Waals surface area contributed by atoms with E-state index in [1.807, 2.05) is 0 Å². The SMILES string of the molecule is CCCn1cccc1[C@H]1[C@H](N)CCN1C(C)C. The number of nitrogens with zero attached hydrogens (tertiary/aromatic N) is 2. The van der Waals surface area contributed by atoms with E-state index >= 15 is 0 Å². The van der Waals surface area contributed by atoms with Gasteiger partial charge in [-0.3, -0.25) is 4.90 Å². The van der Waals surface area contributed by atoms with E-state index < -0.39 is 0 Å². The Labute approximate surface area is 105 Å². The lowest BCUT2D eigenvalue weighted by atomic mass is 10.1. The standard InChI is InChI=1S/C14H25N3/c1-4-8-16-9-5-6-13(16)14-12(15)7-10-17(14)11(2)3/h5-6,9,11-12,14H,4,7-8,10,15H2,1-3H3/t12-,14-/m1/s1. The zero-order valence-corrected chi connectivity index (χ0v) is 11.3. The van der Waals surface area contributed by atoms with Crippen molar-refractivity contribution in [2.24, 2.45) is 5.73 Å². The van der Waals surface area contributed by atoms with Gasteiger partial charge < -0.3 is 10.3 Å². The molecular weight excluding hydrogens is 210 g/mol. The van der Waals surface area contributed by atoms with E-state index in [-0.39, 0.29) is 6.04 Å². The zero-order valence-electron chi connectivity index (χ0n) is 11.3. The molecule has 2 N–H and O–H groups in total. The van der Waals surface area contributed by atoms with Crippen molar-refractivity contribution >= 4 is 0 Å². The molecule has 0 bridgehead atoms.